The molecule has 0 atom stereocenters. The summed E-state index contributed by atoms with van der Waals surface area (Å²) >= 11 is 0. The van der Waals surface area contributed by atoms with E-state index in [1.54, 1.807) is 11.1 Å². The molecule has 0 amide bonds. The van der Waals surface area contributed by atoms with Gasteiger partial charge in [-0.15, -0.1) is 0 Å². The summed E-state index contributed by atoms with van der Waals surface area (Å²) in [5.74, 6) is 0. The molecule has 2 aliphatic rings. The number of hydrogen-bond donors (Lipinski definition) is 1. The summed E-state index contributed by atoms with van der Waals surface area (Å²) in [5.41, 5.74) is 3.17. The fraction of sp³-hybridized carbons (Fsp3) is 0.364. The first-order valence-electron chi connectivity index (χ1n) is 9.14. The molecule has 1 fully saturated rings. The van der Waals surface area contributed by atoms with Gasteiger partial charge in [-0.1, -0.05) is 48.5 Å². The zero-order valence-electron chi connectivity index (χ0n) is 14.2. The summed E-state index contributed by atoms with van der Waals surface area (Å²) in [7, 11) is 0. The Morgan fingerprint density at radius 2 is 1.50 bits per heavy atom. The Kier molecular flexibility index (Phi) is 4.77. The fourth-order valence-electron chi connectivity index (χ4n) is 3.86. The molecule has 1 saturated heterocycles. The molecule has 1 heterocycles. The maximum Gasteiger partial charge on any atom is 0.0591 e. The van der Waals surface area contributed by atoms with Gasteiger partial charge in [0.1, 0.15) is 0 Å². The fourth-order valence-corrected chi connectivity index (χ4v) is 3.86. The molecule has 3 aromatic rings. The summed E-state index contributed by atoms with van der Waals surface area (Å²) in [4.78, 5) is 0. The van der Waals surface area contributed by atoms with Crippen molar-refractivity contribution >= 4 is 21.5 Å². The van der Waals surface area contributed by atoms with E-state index in [2.05, 4.69) is 53.8 Å². The van der Waals surface area contributed by atoms with Crippen molar-refractivity contribution in [3.8, 4) is 0 Å². The molecular formula is C22H25NO. The summed E-state index contributed by atoms with van der Waals surface area (Å²) in [6.45, 7) is 3.83. The number of fused-ring (bicyclic) bond motifs is 5. The Bertz CT molecular complexity index is 824. The lowest BCUT2D eigenvalue weighted by Crippen LogP contribution is -2.30. The van der Waals surface area contributed by atoms with Gasteiger partial charge < -0.3 is 10.1 Å². The van der Waals surface area contributed by atoms with Gasteiger partial charge in [0.05, 0.1) is 13.2 Å². The second kappa shape index (κ2) is 7.33. The first kappa shape index (κ1) is 15.6. The third-order valence-electron chi connectivity index (χ3n) is 5.10. The zero-order valence-corrected chi connectivity index (χ0v) is 14.2. The van der Waals surface area contributed by atoms with Gasteiger partial charge in [-0.2, -0.15) is 0 Å². The average molecular weight is 319 g/mol. The Morgan fingerprint density at radius 1 is 0.708 bits per heavy atom. The first-order valence-corrected chi connectivity index (χ1v) is 9.14. The van der Waals surface area contributed by atoms with Crippen molar-refractivity contribution in [2.75, 3.05) is 26.3 Å². The Labute approximate surface area is 143 Å². The van der Waals surface area contributed by atoms with Crippen LogP contribution in [0.1, 0.15) is 24.0 Å². The summed E-state index contributed by atoms with van der Waals surface area (Å²) in [6, 6.07) is 18.0. The normalized spacial score (nSPS) is 17.2. The van der Waals surface area contributed by atoms with Crippen LogP contribution in [0.3, 0.4) is 0 Å². The van der Waals surface area contributed by atoms with Gasteiger partial charge in [-0.05, 0) is 58.4 Å². The van der Waals surface area contributed by atoms with Crippen molar-refractivity contribution in [1.82, 2.24) is 5.32 Å². The quantitative estimate of drug-likeness (QED) is 0.617. The van der Waals surface area contributed by atoms with Gasteiger partial charge in [0.15, 0.2) is 0 Å². The smallest absolute Gasteiger partial charge is 0.0591 e. The van der Waals surface area contributed by atoms with E-state index in [0.29, 0.717) is 0 Å². The number of morpholine rings is 1. The molecule has 0 saturated carbocycles. The van der Waals surface area contributed by atoms with Crippen LogP contribution in [0, 0.1) is 0 Å². The van der Waals surface area contributed by atoms with Gasteiger partial charge in [0.25, 0.3) is 0 Å². The molecule has 0 radical (unpaired) electrons. The van der Waals surface area contributed by atoms with Crippen LogP contribution in [-0.2, 0) is 17.6 Å². The first-order chi connectivity index (χ1) is 11.9. The number of ether oxygens (including phenoxy) is 1. The number of hydrogen-bond acceptors (Lipinski definition) is 2. The van der Waals surface area contributed by atoms with Crippen LogP contribution < -0.4 is 5.32 Å². The van der Waals surface area contributed by atoms with Crippen LogP contribution >= 0.6 is 0 Å². The van der Waals surface area contributed by atoms with Crippen LogP contribution in [-0.4, -0.2) is 26.3 Å². The molecule has 0 bridgehead atoms. The Hall–Kier alpha value is -1.90. The third kappa shape index (κ3) is 3.17. The third-order valence-corrected chi connectivity index (χ3v) is 5.10. The van der Waals surface area contributed by atoms with Gasteiger partial charge in [-0.25, -0.2) is 0 Å². The molecule has 0 spiro atoms. The lowest BCUT2D eigenvalue weighted by atomic mass is 9.86. The lowest BCUT2D eigenvalue weighted by molar-refractivity contribution is 0.109. The van der Waals surface area contributed by atoms with E-state index in [1.807, 2.05) is 0 Å². The predicted octanol–water partition coefficient (Wildman–Crippen LogP) is 4.48. The maximum absolute atomic E-state index is 5.01. The van der Waals surface area contributed by atoms with Crippen LogP contribution in [0.4, 0.5) is 0 Å². The SMILES string of the molecule is C1COCCN1.c1ccc2c(c1)ccc1c3c(ccc12)CCCC3. The van der Waals surface area contributed by atoms with E-state index >= 15 is 0 Å². The molecule has 124 valence electrons. The molecular weight excluding hydrogens is 294 g/mol. The van der Waals surface area contributed by atoms with E-state index < -0.39 is 0 Å². The second-order valence-electron chi connectivity index (χ2n) is 6.65. The minimum atomic E-state index is 0.889. The van der Waals surface area contributed by atoms with Gasteiger partial charge in [0.2, 0.25) is 0 Å². The van der Waals surface area contributed by atoms with E-state index in [-0.39, 0.29) is 0 Å². The summed E-state index contributed by atoms with van der Waals surface area (Å²) < 4.78 is 5.01. The zero-order chi connectivity index (χ0) is 16.2. The molecule has 0 unspecified atom stereocenters. The highest BCUT2D eigenvalue weighted by molar-refractivity contribution is 6.08. The molecule has 0 aromatic heterocycles. The molecule has 1 aliphatic carbocycles. The highest BCUT2D eigenvalue weighted by atomic mass is 16.5. The Morgan fingerprint density at radius 3 is 2.29 bits per heavy atom. The van der Waals surface area contributed by atoms with E-state index in [9.17, 15) is 0 Å². The van der Waals surface area contributed by atoms with Crippen molar-refractivity contribution < 1.29 is 4.74 Å². The molecule has 3 aromatic carbocycles. The summed E-state index contributed by atoms with van der Waals surface area (Å²) in [6.07, 6.45) is 5.22. The predicted molar refractivity (Wildman–Crippen MR) is 102 cm³/mol. The number of aryl methyl sites for hydroxylation is 2. The van der Waals surface area contributed by atoms with Gasteiger partial charge >= 0.3 is 0 Å². The van der Waals surface area contributed by atoms with Crippen molar-refractivity contribution in [2.24, 2.45) is 0 Å². The van der Waals surface area contributed by atoms with Crippen molar-refractivity contribution in [3.05, 3.63) is 59.7 Å². The highest BCUT2D eigenvalue weighted by Crippen LogP contribution is 2.33. The largest absolute Gasteiger partial charge is 0.379 e. The molecule has 1 aliphatic heterocycles. The average Bonchev–Trinajstić information content (AvgIpc) is 2.69. The molecule has 5 rings (SSSR count). The molecule has 2 nitrogen and oxygen atoms in total. The maximum atomic E-state index is 5.01. The van der Waals surface area contributed by atoms with Crippen molar-refractivity contribution in [2.45, 2.75) is 25.7 Å². The van der Waals surface area contributed by atoms with Crippen LogP contribution in [0.25, 0.3) is 21.5 Å². The minimum Gasteiger partial charge on any atom is -0.379 e. The minimum absolute atomic E-state index is 0.889. The van der Waals surface area contributed by atoms with Crippen LogP contribution in [0.15, 0.2) is 48.5 Å². The van der Waals surface area contributed by atoms with Crippen LogP contribution in [0.2, 0.25) is 0 Å². The van der Waals surface area contributed by atoms with E-state index in [4.69, 9.17) is 4.74 Å². The highest BCUT2D eigenvalue weighted by Gasteiger charge is 2.13. The summed E-state index contributed by atoms with van der Waals surface area (Å²) in [5, 5.41) is 8.80. The second-order valence-corrected chi connectivity index (χ2v) is 6.65. The monoisotopic (exact) mass is 319 g/mol. The van der Waals surface area contributed by atoms with Gasteiger partial charge in [-0.3, -0.25) is 0 Å². The van der Waals surface area contributed by atoms with E-state index in [0.717, 1.165) is 26.3 Å². The van der Waals surface area contributed by atoms with Gasteiger partial charge in [0, 0.05) is 13.1 Å². The number of rotatable bonds is 0. The van der Waals surface area contributed by atoms with Crippen LogP contribution in [0.5, 0.6) is 0 Å². The molecule has 1 N–H and O–H groups in total. The topological polar surface area (TPSA) is 21.3 Å². The van der Waals surface area contributed by atoms with Crippen molar-refractivity contribution in [1.29, 1.82) is 0 Å². The van der Waals surface area contributed by atoms with Crippen molar-refractivity contribution in [3.63, 3.8) is 0 Å². The standard InChI is InChI=1S/C18H16.C4H9NO/c1-3-7-15-13(5-1)9-11-18-16-8-4-2-6-14(16)10-12-17(15)18;1-3-6-4-2-5-1/h1,3,5,7,9-12H,2,4,6,8H2;5H,1-4H2. The van der Waals surface area contributed by atoms with E-state index in [1.165, 1.54) is 47.2 Å². The number of nitrogens with one attached hydrogen (secondary N) is 1. The number of benzene rings is 3. The Balaban J connectivity index is 0.000000207. The molecule has 2 heteroatoms. The molecule has 24 heavy (non-hydrogen) atoms. The lowest BCUT2D eigenvalue weighted by Gasteiger charge is -2.18.